The Balaban J connectivity index is 1.72. The first kappa shape index (κ1) is 14.5. The van der Waals surface area contributed by atoms with Crippen LogP contribution in [0.25, 0.3) is 0 Å². The molecule has 20 heavy (non-hydrogen) atoms. The van der Waals surface area contributed by atoms with E-state index in [2.05, 4.69) is 4.90 Å². The minimum absolute atomic E-state index is 0.109. The number of rotatable bonds is 4. The zero-order valence-corrected chi connectivity index (χ0v) is 13.0. The smallest absolute Gasteiger partial charge is 0.252 e. The SMILES string of the molecule is O=S(=O)(c1cc(CO)cs1)N1CCC(N2CCCC2)C1. The van der Waals surface area contributed by atoms with Gasteiger partial charge in [-0.25, -0.2) is 8.42 Å². The number of aliphatic hydroxyl groups excluding tert-OH is 1. The second-order valence-corrected chi connectivity index (χ2v) is 8.56. The molecule has 7 heteroatoms. The van der Waals surface area contributed by atoms with Crippen LogP contribution in [0.1, 0.15) is 24.8 Å². The summed E-state index contributed by atoms with van der Waals surface area (Å²) >= 11 is 1.20. The summed E-state index contributed by atoms with van der Waals surface area (Å²) in [5.74, 6) is 0. The number of thiophene rings is 1. The minimum Gasteiger partial charge on any atom is -0.392 e. The number of hydrogen-bond acceptors (Lipinski definition) is 5. The highest BCUT2D eigenvalue weighted by atomic mass is 32.2. The van der Waals surface area contributed by atoms with Crippen molar-refractivity contribution in [2.24, 2.45) is 0 Å². The molecule has 1 aromatic heterocycles. The van der Waals surface area contributed by atoms with Crippen molar-refractivity contribution in [1.29, 1.82) is 0 Å². The largest absolute Gasteiger partial charge is 0.392 e. The Morgan fingerprint density at radius 1 is 1.30 bits per heavy atom. The zero-order valence-electron chi connectivity index (χ0n) is 11.4. The van der Waals surface area contributed by atoms with Crippen molar-refractivity contribution in [2.75, 3.05) is 26.2 Å². The summed E-state index contributed by atoms with van der Waals surface area (Å²) in [5.41, 5.74) is 0.670. The monoisotopic (exact) mass is 316 g/mol. The lowest BCUT2D eigenvalue weighted by atomic mass is 10.2. The Morgan fingerprint density at radius 2 is 2.05 bits per heavy atom. The summed E-state index contributed by atoms with van der Waals surface area (Å²) in [6, 6.07) is 1.97. The van der Waals surface area contributed by atoms with Gasteiger partial charge in [0.1, 0.15) is 4.21 Å². The molecule has 2 saturated heterocycles. The van der Waals surface area contributed by atoms with E-state index >= 15 is 0 Å². The van der Waals surface area contributed by atoms with Crippen molar-refractivity contribution in [3.05, 3.63) is 17.0 Å². The average molecular weight is 316 g/mol. The van der Waals surface area contributed by atoms with Gasteiger partial charge in [0, 0.05) is 19.1 Å². The van der Waals surface area contributed by atoms with Gasteiger partial charge in [-0.15, -0.1) is 11.3 Å². The van der Waals surface area contributed by atoms with Crippen molar-refractivity contribution in [2.45, 2.75) is 36.1 Å². The number of hydrogen-bond donors (Lipinski definition) is 1. The molecule has 1 N–H and O–H groups in total. The molecule has 1 atom stereocenters. The van der Waals surface area contributed by atoms with E-state index in [1.807, 2.05) is 0 Å². The van der Waals surface area contributed by atoms with Crippen LogP contribution in [0.5, 0.6) is 0 Å². The highest BCUT2D eigenvalue weighted by Gasteiger charge is 2.36. The maximum atomic E-state index is 12.6. The topological polar surface area (TPSA) is 60.9 Å². The molecule has 3 heterocycles. The molecule has 0 radical (unpaired) electrons. The van der Waals surface area contributed by atoms with Crippen LogP contribution in [0.15, 0.2) is 15.7 Å². The molecule has 0 amide bonds. The number of likely N-dealkylation sites (tertiary alicyclic amines) is 1. The standard InChI is InChI=1S/C13H20N2O3S2/c16-9-11-7-13(19-10-11)20(17,18)15-6-3-12(8-15)14-4-1-2-5-14/h7,10,12,16H,1-6,8-9H2. The fraction of sp³-hybridized carbons (Fsp3) is 0.692. The van der Waals surface area contributed by atoms with Crippen molar-refractivity contribution >= 4 is 21.4 Å². The van der Waals surface area contributed by atoms with Crippen molar-refractivity contribution in [3.63, 3.8) is 0 Å². The molecule has 2 aliphatic heterocycles. The van der Waals surface area contributed by atoms with Crippen molar-refractivity contribution < 1.29 is 13.5 Å². The van der Waals surface area contributed by atoms with Gasteiger partial charge in [-0.1, -0.05) is 0 Å². The Kier molecular flexibility index (Phi) is 4.14. The molecule has 0 spiro atoms. The summed E-state index contributed by atoms with van der Waals surface area (Å²) in [4.78, 5) is 2.42. The van der Waals surface area contributed by atoms with Crippen LogP contribution in [0.2, 0.25) is 0 Å². The third-order valence-corrected chi connectivity index (χ3v) is 7.52. The molecular weight excluding hydrogens is 296 g/mol. The molecule has 2 fully saturated rings. The summed E-state index contributed by atoms with van der Waals surface area (Å²) < 4.78 is 27.1. The van der Waals surface area contributed by atoms with Gasteiger partial charge in [-0.3, -0.25) is 4.90 Å². The van der Waals surface area contributed by atoms with Crippen LogP contribution in [0.4, 0.5) is 0 Å². The highest BCUT2D eigenvalue weighted by molar-refractivity contribution is 7.91. The van der Waals surface area contributed by atoms with E-state index in [9.17, 15) is 8.42 Å². The quantitative estimate of drug-likeness (QED) is 0.903. The molecule has 1 unspecified atom stereocenters. The van der Waals surface area contributed by atoms with Gasteiger partial charge in [0.25, 0.3) is 10.0 Å². The lowest BCUT2D eigenvalue weighted by Crippen LogP contribution is -2.36. The second kappa shape index (κ2) is 5.73. The van der Waals surface area contributed by atoms with Gasteiger partial charge >= 0.3 is 0 Å². The van der Waals surface area contributed by atoms with Crippen LogP contribution in [-0.2, 0) is 16.6 Å². The molecule has 5 nitrogen and oxygen atoms in total. The molecule has 0 aromatic carbocycles. The fourth-order valence-electron chi connectivity index (χ4n) is 3.03. The summed E-state index contributed by atoms with van der Waals surface area (Å²) in [7, 11) is -3.38. The molecule has 0 bridgehead atoms. The van der Waals surface area contributed by atoms with E-state index in [0.717, 1.165) is 19.5 Å². The number of sulfonamides is 1. The first-order chi connectivity index (χ1) is 9.61. The molecule has 0 saturated carbocycles. The van der Waals surface area contributed by atoms with Crippen LogP contribution >= 0.6 is 11.3 Å². The van der Waals surface area contributed by atoms with E-state index in [1.54, 1.807) is 15.8 Å². The Hall–Kier alpha value is -0.470. The normalized spacial score (nSPS) is 25.6. The summed E-state index contributed by atoms with van der Waals surface area (Å²) in [6.45, 7) is 3.31. The van der Waals surface area contributed by atoms with Crippen molar-refractivity contribution in [3.8, 4) is 0 Å². The van der Waals surface area contributed by atoms with Crippen LogP contribution in [0, 0.1) is 0 Å². The van der Waals surface area contributed by atoms with Gasteiger partial charge in [0.05, 0.1) is 6.61 Å². The lowest BCUT2D eigenvalue weighted by Gasteiger charge is -2.23. The zero-order chi connectivity index (χ0) is 14.2. The van der Waals surface area contributed by atoms with Gasteiger partial charge in [0.2, 0.25) is 0 Å². The Bertz CT molecular complexity index is 564. The minimum atomic E-state index is -3.38. The van der Waals surface area contributed by atoms with Gasteiger partial charge in [-0.2, -0.15) is 4.31 Å². The molecule has 2 aliphatic rings. The van der Waals surface area contributed by atoms with Gasteiger partial charge in [0.15, 0.2) is 0 Å². The first-order valence-corrected chi connectivity index (χ1v) is 9.35. The van der Waals surface area contributed by atoms with E-state index in [1.165, 1.54) is 24.2 Å². The predicted molar refractivity (Wildman–Crippen MR) is 78.2 cm³/mol. The first-order valence-electron chi connectivity index (χ1n) is 7.04. The number of aliphatic hydroxyl groups is 1. The summed E-state index contributed by atoms with van der Waals surface area (Å²) in [5, 5.41) is 10.8. The van der Waals surface area contributed by atoms with Crippen LogP contribution < -0.4 is 0 Å². The van der Waals surface area contributed by atoms with Crippen LogP contribution in [0.3, 0.4) is 0 Å². The van der Waals surface area contributed by atoms with Crippen molar-refractivity contribution in [1.82, 2.24) is 9.21 Å². The number of nitrogens with zero attached hydrogens (tertiary/aromatic N) is 2. The van der Waals surface area contributed by atoms with E-state index < -0.39 is 10.0 Å². The van der Waals surface area contributed by atoms with Gasteiger partial charge in [-0.05, 0) is 49.4 Å². The third-order valence-electron chi connectivity index (χ3n) is 4.19. The Morgan fingerprint density at radius 3 is 2.70 bits per heavy atom. The molecular formula is C13H20N2O3S2. The highest BCUT2D eigenvalue weighted by Crippen LogP contribution is 2.29. The maximum absolute atomic E-state index is 12.6. The maximum Gasteiger partial charge on any atom is 0.252 e. The molecule has 3 rings (SSSR count). The lowest BCUT2D eigenvalue weighted by molar-refractivity contribution is 0.251. The van der Waals surface area contributed by atoms with Crippen LogP contribution in [-0.4, -0.2) is 55.0 Å². The third kappa shape index (κ3) is 2.65. The van der Waals surface area contributed by atoms with E-state index in [4.69, 9.17) is 5.11 Å². The fourth-order valence-corrected chi connectivity index (χ4v) is 5.88. The Labute approximate surface area is 123 Å². The molecule has 1 aromatic rings. The molecule has 112 valence electrons. The molecule has 0 aliphatic carbocycles. The average Bonchev–Trinajstić information content (AvgIpc) is 3.18. The summed E-state index contributed by atoms with van der Waals surface area (Å²) in [6.07, 6.45) is 3.39. The van der Waals surface area contributed by atoms with E-state index in [-0.39, 0.29) is 6.61 Å². The predicted octanol–water partition coefficient (Wildman–Crippen LogP) is 1.10. The van der Waals surface area contributed by atoms with E-state index in [0.29, 0.717) is 28.9 Å². The second-order valence-electron chi connectivity index (χ2n) is 5.48. The van der Waals surface area contributed by atoms with Gasteiger partial charge < -0.3 is 5.11 Å².